The smallest absolute Gasteiger partial charge is 0.382 e. The van der Waals surface area contributed by atoms with Gasteiger partial charge in [0.25, 0.3) is 0 Å². The lowest BCUT2D eigenvalue weighted by atomic mass is 10.1. The first-order chi connectivity index (χ1) is 8.79. The zero-order valence-corrected chi connectivity index (χ0v) is 11.7. The number of aryl methyl sites for hydroxylation is 2. The summed E-state index contributed by atoms with van der Waals surface area (Å²) in [5.74, 6) is 0. The minimum atomic E-state index is -4.55. The van der Waals surface area contributed by atoms with E-state index in [9.17, 15) is 18.3 Å². The number of hydrogen-bond acceptors (Lipinski definition) is 4. The normalized spacial score (nSPS) is 22.9. The maximum absolute atomic E-state index is 12.6. The van der Waals surface area contributed by atoms with E-state index in [1.807, 2.05) is 13.8 Å². The third kappa shape index (κ3) is 3.27. The molecule has 7 heteroatoms. The van der Waals surface area contributed by atoms with E-state index in [2.05, 4.69) is 4.98 Å². The number of rotatable bonds is 3. The first-order valence-electron chi connectivity index (χ1n) is 6.21. The molecule has 0 saturated carbocycles. The van der Waals surface area contributed by atoms with Crippen molar-refractivity contribution in [3.63, 3.8) is 0 Å². The Morgan fingerprint density at radius 1 is 1.47 bits per heavy atom. The molecule has 1 aromatic rings. The Balaban J connectivity index is 2.07. The summed E-state index contributed by atoms with van der Waals surface area (Å²) >= 11 is 1.51. The molecule has 3 nitrogen and oxygen atoms in total. The second-order valence-electron chi connectivity index (χ2n) is 4.92. The molecule has 1 fully saturated rings. The van der Waals surface area contributed by atoms with Gasteiger partial charge < -0.3 is 5.11 Å². The van der Waals surface area contributed by atoms with Gasteiger partial charge in [-0.05, 0) is 33.2 Å². The predicted octanol–water partition coefficient (Wildman–Crippen LogP) is 2.65. The van der Waals surface area contributed by atoms with Crippen molar-refractivity contribution in [3.05, 3.63) is 15.6 Å². The van der Waals surface area contributed by atoms with E-state index in [4.69, 9.17) is 0 Å². The lowest BCUT2D eigenvalue weighted by Crippen LogP contribution is -2.46. The molecule has 2 atom stereocenters. The van der Waals surface area contributed by atoms with Gasteiger partial charge in [0.15, 0.2) is 6.10 Å². The van der Waals surface area contributed by atoms with Crippen molar-refractivity contribution in [1.29, 1.82) is 0 Å². The van der Waals surface area contributed by atoms with Crippen LogP contribution in [0.5, 0.6) is 0 Å². The van der Waals surface area contributed by atoms with E-state index in [1.165, 1.54) is 11.3 Å². The molecule has 0 spiro atoms. The number of halogens is 3. The van der Waals surface area contributed by atoms with E-state index in [0.29, 0.717) is 25.9 Å². The summed E-state index contributed by atoms with van der Waals surface area (Å²) in [5, 5.41) is 10.2. The fourth-order valence-corrected chi connectivity index (χ4v) is 3.36. The zero-order chi connectivity index (χ0) is 14.2. The minimum Gasteiger partial charge on any atom is -0.382 e. The second-order valence-corrected chi connectivity index (χ2v) is 6.20. The first kappa shape index (κ1) is 14.7. The molecule has 0 unspecified atom stereocenters. The van der Waals surface area contributed by atoms with Crippen LogP contribution >= 0.6 is 11.3 Å². The lowest BCUT2D eigenvalue weighted by Gasteiger charge is -2.29. The Hall–Kier alpha value is -0.660. The molecule has 1 aliphatic rings. The second kappa shape index (κ2) is 5.38. The van der Waals surface area contributed by atoms with Gasteiger partial charge >= 0.3 is 6.18 Å². The Kier molecular flexibility index (Phi) is 4.17. The number of aliphatic hydroxyl groups is 1. The van der Waals surface area contributed by atoms with Gasteiger partial charge in [0.2, 0.25) is 0 Å². The maximum Gasteiger partial charge on any atom is 0.415 e. The molecule has 2 heterocycles. The number of aliphatic hydroxyl groups excluding tert-OH is 1. The van der Waals surface area contributed by atoms with E-state index in [-0.39, 0.29) is 0 Å². The predicted molar refractivity (Wildman–Crippen MR) is 67.1 cm³/mol. The number of nitrogens with zero attached hydrogens (tertiary/aromatic N) is 2. The van der Waals surface area contributed by atoms with Gasteiger partial charge in [-0.2, -0.15) is 13.2 Å². The van der Waals surface area contributed by atoms with Crippen molar-refractivity contribution in [2.45, 2.75) is 51.6 Å². The molecule has 1 N–H and O–H groups in total. The number of alkyl halides is 3. The SMILES string of the molecule is Cc1nc(CN2CCC[C@H]2[C@H](O)C(F)(F)F)sc1C. The van der Waals surface area contributed by atoms with Gasteiger partial charge in [-0.3, -0.25) is 4.90 Å². The molecule has 1 aliphatic heterocycles. The molecule has 19 heavy (non-hydrogen) atoms. The summed E-state index contributed by atoms with van der Waals surface area (Å²) in [6.07, 6.45) is -5.76. The quantitative estimate of drug-likeness (QED) is 0.931. The molecule has 2 rings (SSSR count). The van der Waals surface area contributed by atoms with Crippen LogP contribution in [0.2, 0.25) is 0 Å². The van der Waals surface area contributed by atoms with Crippen molar-refractivity contribution >= 4 is 11.3 Å². The van der Waals surface area contributed by atoms with Crippen LogP contribution in [0.3, 0.4) is 0 Å². The van der Waals surface area contributed by atoms with Crippen molar-refractivity contribution in [1.82, 2.24) is 9.88 Å². The van der Waals surface area contributed by atoms with Gasteiger partial charge in [0.05, 0.1) is 12.2 Å². The van der Waals surface area contributed by atoms with Crippen LogP contribution in [0.15, 0.2) is 0 Å². The highest BCUT2D eigenvalue weighted by molar-refractivity contribution is 7.11. The van der Waals surface area contributed by atoms with E-state index in [0.717, 1.165) is 15.6 Å². The topological polar surface area (TPSA) is 36.4 Å². The summed E-state index contributed by atoms with van der Waals surface area (Å²) < 4.78 is 37.8. The Morgan fingerprint density at radius 2 is 2.16 bits per heavy atom. The number of aromatic nitrogens is 1. The third-order valence-electron chi connectivity index (χ3n) is 3.53. The van der Waals surface area contributed by atoms with Crippen LogP contribution in [-0.2, 0) is 6.54 Å². The molecule has 0 amide bonds. The van der Waals surface area contributed by atoms with Crippen LogP contribution < -0.4 is 0 Å². The van der Waals surface area contributed by atoms with Crippen LogP contribution in [0.1, 0.15) is 28.4 Å². The Morgan fingerprint density at radius 3 is 2.68 bits per heavy atom. The van der Waals surface area contributed by atoms with Crippen molar-refractivity contribution in [2.75, 3.05) is 6.54 Å². The molecule has 0 aromatic carbocycles. The molecule has 0 aliphatic carbocycles. The first-order valence-corrected chi connectivity index (χ1v) is 7.02. The molecule has 0 radical (unpaired) electrons. The maximum atomic E-state index is 12.6. The fraction of sp³-hybridized carbons (Fsp3) is 0.750. The number of thiazole rings is 1. The van der Waals surface area contributed by atoms with Gasteiger partial charge in [0.1, 0.15) is 5.01 Å². The van der Waals surface area contributed by atoms with E-state index < -0.39 is 18.3 Å². The minimum absolute atomic E-state index is 0.379. The largest absolute Gasteiger partial charge is 0.415 e. The molecular formula is C12H17F3N2OS. The molecule has 1 saturated heterocycles. The van der Waals surface area contributed by atoms with E-state index >= 15 is 0 Å². The number of likely N-dealkylation sites (tertiary alicyclic amines) is 1. The van der Waals surface area contributed by atoms with Gasteiger partial charge in [0, 0.05) is 10.9 Å². The molecule has 108 valence electrons. The summed E-state index contributed by atoms with van der Waals surface area (Å²) in [6, 6.07) is -0.843. The summed E-state index contributed by atoms with van der Waals surface area (Å²) in [6.45, 7) is 4.80. The Bertz CT molecular complexity index is 427. The summed E-state index contributed by atoms with van der Waals surface area (Å²) in [7, 11) is 0. The van der Waals surface area contributed by atoms with Gasteiger partial charge in [-0.25, -0.2) is 4.98 Å². The summed E-state index contributed by atoms with van der Waals surface area (Å²) in [4.78, 5) is 7.12. The average Bonchev–Trinajstić information content (AvgIpc) is 2.85. The standard InChI is InChI=1S/C12H17F3N2OS/c1-7-8(2)19-10(16-7)6-17-5-3-4-9(17)11(18)12(13,14)15/h9,11,18H,3-6H2,1-2H3/t9-,11-/m0/s1. The van der Waals surface area contributed by atoms with Gasteiger partial charge in [-0.15, -0.1) is 11.3 Å². The zero-order valence-electron chi connectivity index (χ0n) is 10.9. The van der Waals surface area contributed by atoms with Crippen molar-refractivity contribution in [2.24, 2.45) is 0 Å². The molecule has 0 bridgehead atoms. The third-order valence-corrected chi connectivity index (χ3v) is 4.58. The highest BCUT2D eigenvalue weighted by atomic mass is 32.1. The lowest BCUT2D eigenvalue weighted by molar-refractivity contribution is -0.219. The van der Waals surface area contributed by atoms with Crippen LogP contribution in [-0.4, -0.2) is 39.9 Å². The fourth-order valence-electron chi connectivity index (χ4n) is 2.40. The highest BCUT2D eigenvalue weighted by Gasteiger charge is 2.47. The van der Waals surface area contributed by atoms with Crippen LogP contribution in [0, 0.1) is 13.8 Å². The Labute approximate surface area is 114 Å². The highest BCUT2D eigenvalue weighted by Crippen LogP contribution is 2.32. The van der Waals surface area contributed by atoms with E-state index in [1.54, 1.807) is 4.90 Å². The summed E-state index contributed by atoms with van der Waals surface area (Å²) in [5.41, 5.74) is 0.923. The average molecular weight is 294 g/mol. The van der Waals surface area contributed by atoms with Crippen LogP contribution in [0.25, 0.3) is 0 Å². The number of hydrogen-bond donors (Lipinski definition) is 1. The van der Waals surface area contributed by atoms with Crippen LogP contribution in [0.4, 0.5) is 13.2 Å². The molecular weight excluding hydrogens is 277 g/mol. The molecule has 1 aromatic heterocycles. The van der Waals surface area contributed by atoms with Crippen molar-refractivity contribution in [3.8, 4) is 0 Å². The van der Waals surface area contributed by atoms with Crippen molar-refractivity contribution < 1.29 is 18.3 Å². The monoisotopic (exact) mass is 294 g/mol. The van der Waals surface area contributed by atoms with Gasteiger partial charge in [-0.1, -0.05) is 0 Å².